The van der Waals surface area contributed by atoms with E-state index < -0.39 is 0 Å². The smallest absolute Gasteiger partial charge is 0.259 e. The number of carbonyl (C=O) groups is 1. The van der Waals surface area contributed by atoms with Gasteiger partial charge in [0.05, 0.1) is 19.4 Å². The van der Waals surface area contributed by atoms with Gasteiger partial charge in [0, 0.05) is 11.6 Å². The topological polar surface area (TPSA) is 62.7 Å². The molecule has 5 heteroatoms. The molecule has 0 aromatic heterocycles. The summed E-state index contributed by atoms with van der Waals surface area (Å²) in [4.78, 5) is 12.0. The lowest BCUT2D eigenvalue weighted by Crippen LogP contribution is -2.27. The van der Waals surface area contributed by atoms with Crippen LogP contribution in [-0.4, -0.2) is 25.3 Å². The van der Waals surface area contributed by atoms with Crippen molar-refractivity contribution in [3.8, 4) is 5.75 Å². The first kappa shape index (κ1) is 20.7. The van der Waals surface area contributed by atoms with Crippen molar-refractivity contribution in [2.75, 3.05) is 19.0 Å². The molecule has 0 bridgehead atoms. The number of ether oxygens (including phenoxy) is 1. The standard InChI is InChI=1S/C22H31N3O2/c1-16-7-6-14-22(3,4)20(16)13-8-17(2)24-25-21(26)15-23-18-9-11-19(27-5)12-10-18/h7-13,20,23H,6,14-15H2,1-5H3,(H,25,26). The van der Waals surface area contributed by atoms with Gasteiger partial charge in [-0.25, -0.2) is 5.43 Å². The van der Waals surface area contributed by atoms with E-state index in [-0.39, 0.29) is 17.9 Å². The van der Waals surface area contributed by atoms with E-state index in [1.165, 1.54) is 12.0 Å². The first-order valence-corrected chi connectivity index (χ1v) is 9.38. The first-order chi connectivity index (χ1) is 12.8. The van der Waals surface area contributed by atoms with Gasteiger partial charge in [0.15, 0.2) is 0 Å². The second-order valence-electron chi connectivity index (χ2n) is 7.68. The van der Waals surface area contributed by atoms with Gasteiger partial charge in [-0.3, -0.25) is 4.79 Å². The van der Waals surface area contributed by atoms with Crippen LogP contribution in [0.4, 0.5) is 5.69 Å². The van der Waals surface area contributed by atoms with Gasteiger partial charge < -0.3 is 10.1 Å². The van der Waals surface area contributed by atoms with Gasteiger partial charge in [0.1, 0.15) is 5.75 Å². The second kappa shape index (κ2) is 9.40. The van der Waals surface area contributed by atoms with Crippen molar-refractivity contribution in [1.29, 1.82) is 0 Å². The lowest BCUT2D eigenvalue weighted by atomic mass is 9.68. The van der Waals surface area contributed by atoms with Gasteiger partial charge in [0.25, 0.3) is 5.91 Å². The zero-order chi connectivity index (χ0) is 19.9. The summed E-state index contributed by atoms with van der Waals surface area (Å²) >= 11 is 0. The molecule has 0 aliphatic heterocycles. The number of allylic oxidation sites excluding steroid dienone is 4. The van der Waals surface area contributed by atoms with E-state index >= 15 is 0 Å². The molecule has 0 saturated heterocycles. The summed E-state index contributed by atoms with van der Waals surface area (Å²) in [5.74, 6) is 1.000. The Morgan fingerprint density at radius 2 is 2.04 bits per heavy atom. The van der Waals surface area contributed by atoms with Crippen LogP contribution in [0.25, 0.3) is 0 Å². The van der Waals surface area contributed by atoms with Crippen molar-refractivity contribution in [2.24, 2.45) is 16.4 Å². The summed E-state index contributed by atoms with van der Waals surface area (Å²) in [5.41, 5.74) is 5.88. The van der Waals surface area contributed by atoms with Crippen molar-refractivity contribution in [1.82, 2.24) is 5.43 Å². The molecule has 27 heavy (non-hydrogen) atoms. The molecule has 1 amide bonds. The van der Waals surface area contributed by atoms with Gasteiger partial charge in [-0.05, 0) is 62.4 Å². The van der Waals surface area contributed by atoms with Gasteiger partial charge in [0.2, 0.25) is 0 Å². The van der Waals surface area contributed by atoms with Gasteiger partial charge in [-0.1, -0.05) is 31.6 Å². The third-order valence-electron chi connectivity index (χ3n) is 5.02. The highest BCUT2D eigenvalue weighted by molar-refractivity contribution is 5.94. The molecule has 0 heterocycles. The van der Waals surface area contributed by atoms with Crippen LogP contribution < -0.4 is 15.5 Å². The average molecular weight is 370 g/mol. The number of hydrogen-bond acceptors (Lipinski definition) is 4. The Kier molecular flexibility index (Phi) is 7.22. The predicted molar refractivity (Wildman–Crippen MR) is 112 cm³/mol. The molecule has 1 aliphatic rings. The fraction of sp³-hybridized carbons (Fsp3) is 0.455. The zero-order valence-corrected chi connectivity index (χ0v) is 17.0. The van der Waals surface area contributed by atoms with Crippen molar-refractivity contribution in [3.63, 3.8) is 0 Å². The van der Waals surface area contributed by atoms with Crippen LogP contribution in [0.2, 0.25) is 0 Å². The minimum atomic E-state index is -0.187. The van der Waals surface area contributed by atoms with Crippen LogP contribution in [0, 0.1) is 11.3 Å². The number of hydrazone groups is 1. The quantitative estimate of drug-likeness (QED) is 0.421. The van der Waals surface area contributed by atoms with Crippen molar-refractivity contribution in [2.45, 2.75) is 40.5 Å². The zero-order valence-electron chi connectivity index (χ0n) is 17.0. The van der Waals surface area contributed by atoms with Crippen LogP contribution in [0.15, 0.2) is 53.2 Å². The lowest BCUT2D eigenvalue weighted by Gasteiger charge is -2.36. The van der Waals surface area contributed by atoms with Crippen molar-refractivity contribution < 1.29 is 9.53 Å². The SMILES string of the molecule is COc1ccc(NCC(=O)NN=C(C)C=CC2C(C)=CCCC2(C)C)cc1. The maximum absolute atomic E-state index is 12.0. The van der Waals surface area contributed by atoms with E-state index in [0.717, 1.165) is 23.6 Å². The number of nitrogens with one attached hydrogen (secondary N) is 2. The van der Waals surface area contributed by atoms with Crippen LogP contribution in [0.1, 0.15) is 40.5 Å². The fourth-order valence-electron chi connectivity index (χ4n) is 3.34. The lowest BCUT2D eigenvalue weighted by molar-refractivity contribution is -0.119. The molecule has 2 rings (SSSR count). The van der Waals surface area contributed by atoms with Gasteiger partial charge in [-0.2, -0.15) is 5.10 Å². The number of carbonyl (C=O) groups excluding carboxylic acids is 1. The average Bonchev–Trinajstić information content (AvgIpc) is 2.64. The molecule has 0 radical (unpaired) electrons. The summed E-state index contributed by atoms with van der Waals surface area (Å²) in [5, 5.41) is 7.23. The number of hydrogen-bond donors (Lipinski definition) is 2. The number of nitrogens with zero attached hydrogens (tertiary/aromatic N) is 1. The molecule has 146 valence electrons. The Morgan fingerprint density at radius 1 is 1.33 bits per heavy atom. The molecular weight excluding hydrogens is 338 g/mol. The number of benzene rings is 1. The molecule has 1 aromatic rings. The molecule has 2 N–H and O–H groups in total. The van der Waals surface area contributed by atoms with E-state index in [1.807, 2.05) is 37.3 Å². The first-order valence-electron chi connectivity index (χ1n) is 9.38. The largest absolute Gasteiger partial charge is 0.497 e. The summed E-state index contributed by atoms with van der Waals surface area (Å²) in [6.07, 6.45) is 8.84. The highest BCUT2D eigenvalue weighted by Gasteiger charge is 2.30. The molecular formula is C22H31N3O2. The number of rotatable bonds is 7. The van der Waals surface area contributed by atoms with Crippen LogP contribution in [-0.2, 0) is 4.79 Å². The molecule has 1 atom stereocenters. The Morgan fingerprint density at radius 3 is 2.67 bits per heavy atom. The molecule has 1 aliphatic carbocycles. The number of methoxy groups -OCH3 is 1. The summed E-state index contributed by atoms with van der Waals surface area (Å²) in [6.45, 7) is 8.84. The Labute approximate surface area is 162 Å². The van der Waals surface area contributed by atoms with Crippen LogP contribution in [0.3, 0.4) is 0 Å². The third-order valence-corrected chi connectivity index (χ3v) is 5.02. The predicted octanol–water partition coefficient (Wildman–Crippen LogP) is 4.54. The molecule has 0 saturated carbocycles. The molecule has 0 spiro atoms. The highest BCUT2D eigenvalue weighted by Crippen LogP contribution is 2.41. The number of anilines is 1. The van der Waals surface area contributed by atoms with Crippen LogP contribution in [0.5, 0.6) is 5.75 Å². The van der Waals surface area contributed by atoms with E-state index in [1.54, 1.807) is 7.11 Å². The Balaban J connectivity index is 1.84. The molecule has 5 nitrogen and oxygen atoms in total. The van der Waals surface area contributed by atoms with E-state index in [9.17, 15) is 4.79 Å². The maximum Gasteiger partial charge on any atom is 0.259 e. The third kappa shape index (κ3) is 6.27. The minimum absolute atomic E-state index is 0.157. The van der Waals surface area contributed by atoms with Crippen LogP contribution >= 0.6 is 0 Å². The monoisotopic (exact) mass is 369 g/mol. The van der Waals surface area contributed by atoms with E-state index in [0.29, 0.717) is 5.92 Å². The molecule has 1 unspecified atom stereocenters. The maximum atomic E-state index is 12.0. The van der Waals surface area contributed by atoms with Gasteiger partial charge in [-0.15, -0.1) is 0 Å². The fourth-order valence-corrected chi connectivity index (χ4v) is 3.34. The Hall–Kier alpha value is -2.56. The van der Waals surface area contributed by atoms with Crippen molar-refractivity contribution in [3.05, 3.63) is 48.1 Å². The summed E-state index contributed by atoms with van der Waals surface area (Å²) < 4.78 is 5.11. The second-order valence-corrected chi connectivity index (χ2v) is 7.68. The van der Waals surface area contributed by atoms with E-state index in [2.05, 4.69) is 48.8 Å². The molecule has 1 aromatic carbocycles. The van der Waals surface area contributed by atoms with Crippen molar-refractivity contribution >= 4 is 17.3 Å². The van der Waals surface area contributed by atoms with Gasteiger partial charge >= 0.3 is 0 Å². The summed E-state index contributed by atoms with van der Waals surface area (Å²) in [6, 6.07) is 7.42. The summed E-state index contributed by atoms with van der Waals surface area (Å²) in [7, 11) is 1.62. The number of amides is 1. The Bertz CT molecular complexity index is 730. The van der Waals surface area contributed by atoms with E-state index in [4.69, 9.17) is 4.74 Å². The molecule has 0 fully saturated rings. The minimum Gasteiger partial charge on any atom is -0.497 e. The highest BCUT2D eigenvalue weighted by atomic mass is 16.5. The normalized spacial score (nSPS) is 19.5.